The van der Waals surface area contributed by atoms with Gasteiger partial charge in [-0.2, -0.15) is 4.98 Å². The molecule has 5 heteroatoms. The highest BCUT2D eigenvalue weighted by Gasteiger charge is 2.09. The number of anilines is 1. The van der Waals surface area contributed by atoms with Crippen LogP contribution in [0, 0.1) is 5.82 Å². The minimum atomic E-state index is -0.444. The van der Waals surface area contributed by atoms with Crippen LogP contribution in [0.15, 0.2) is 30.3 Å². The Balaban J connectivity index is 2.32. The SMILES string of the molecule is CC(C)c1nc(N)cc(Oc2ccccc2F)n1. The van der Waals surface area contributed by atoms with Gasteiger partial charge in [-0.15, -0.1) is 0 Å². The molecule has 0 aliphatic heterocycles. The third-order valence-corrected chi connectivity index (χ3v) is 2.31. The molecule has 94 valence electrons. The van der Waals surface area contributed by atoms with Crippen molar-refractivity contribution in [1.82, 2.24) is 9.97 Å². The van der Waals surface area contributed by atoms with Crippen LogP contribution in [0.1, 0.15) is 25.6 Å². The smallest absolute Gasteiger partial charge is 0.224 e. The number of ether oxygens (including phenoxy) is 1. The Labute approximate surface area is 105 Å². The summed E-state index contributed by atoms with van der Waals surface area (Å²) in [5, 5.41) is 0. The number of aromatic nitrogens is 2. The van der Waals surface area contributed by atoms with E-state index in [2.05, 4.69) is 9.97 Å². The number of para-hydroxylation sites is 1. The van der Waals surface area contributed by atoms with E-state index in [1.54, 1.807) is 12.1 Å². The molecule has 0 aliphatic rings. The fourth-order valence-electron chi connectivity index (χ4n) is 1.41. The predicted molar refractivity (Wildman–Crippen MR) is 67.0 cm³/mol. The summed E-state index contributed by atoms with van der Waals surface area (Å²) >= 11 is 0. The fourth-order valence-corrected chi connectivity index (χ4v) is 1.41. The number of nitrogens with two attached hydrogens (primary N) is 1. The van der Waals surface area contributed by atoms with Gasteiger partial charge in [0.05, 0.1) is 0 Å². The summed E-state index contributed by atoms with van der Waals surface area (Å²) in [5.74, 6) is 0.917. The Morgan fingerprint density at radius 2 is 1.94 bits per heavy atom. The van der Waals surface area contributed by atoms with E-state index in [9.17, 15) is 4.39 Å². The topological polar surface area (TPSA) is 61.0 Å². The molecule has 1 aromatic heterocycles. The van der Waals surface area contributed by atoms with E-state index in [1.807, 2.05) is 13.8 Å². The van der Waals surface area contributed by atoms with Gasteiger partial charge in [0.15, 0.2) is 11.6 Å². The summed E-state index contributed by atoms with van der Waals surface area (Å²) in [6.45, 7) is 3.89. The molecule has 2 N–H and O–H groups in total. The molecule has 0 spiro atoms. The lowest BCUT2D eigenvalue weighted by molar-refractivity contribution is 0.424. The highest BCUT2D eigenvalue weighted by atomic mass is 19.1. The average molecular weight is 247 g/mol. The van der Waals surface area contributed by atoms with Crippen molar-refractivity contribution in [3.8, 4) is 11.6 Å². The molecule has 0 radical (unpaired) electrons. The van der Waals surface area contributed by atoms with Crippen LogP contribution >= 0.6 is 0 Å². The predicted octanol–water partition coefficient (Wildman–Crippen LogP) is 3.11. The monoisotopic (exact) mass is 247 g/mol. The first-order chi connectivity index (χ1) is 8.56. The van der Waals surface area contributed by atoms with Crippen molar-refractivity contribution in [2.75, 3.05) is 5.73 Å². The molecule has 0 fully saturated rings. The molecule has 4 nitrogen and oxygen atoms in total. The van der Waals surface area contributed by atoms with Gasteiger partial charge in [-0.25, -0.2) is 9.37 Å². The maximum atomic E-state index is 13.4. The highest BCUT2D eigenvalue weighted by Crippen LogP contribution is 2.24. The van der Waals surface area contributed by atoms with E-state index in [0.717, 1.165) is 0 Å². The maximum Gasteiger partial charge on any atom is 0.224 e. The Morgan fingerprint density at radius 1 is 1.22 bits per heavy atom. The highest BCUT2D eigenvalue weighted by molar-refractivity contribution is 5.36. The van der Waals surface area contributed by atoms with Crippen molar-refractivity contribution < 1.29 is 9.13 Å². The number of nitrogens with zero attached hydrogens (tertiary/aromatic N) is 2. The lowest BCUT2D eigenvalue weighted by Crippen LogP contribution is -2.03. The summed E-state index contributed by atoms with van der Waals surface area (Å²) in [4.78, 5) is 8.28. The molecule has 18 heavy (non-hydrogen) atoms. The number of benzene rings is 1. The van der Waals surface area contributed by atoms with Crippen LogP contribution in [-0.4, -0.2) is 9.97 Å². The average Bonchev–Trinajstić information content (AvgIpc) is 2.31. The molecule has 2 rings (SSSR count). The Hall–Kier alpha value is -2.17. The van der Waals surface area contributed by atoms with Gasteiger partial charge in [0.1, 0.15) is 11.6 Å². The fraction of sp³-hybridized carbons (Fsp3) is 0.231. The molecule has 2 aromatic rings. The molecule has 0 amide bonds. The summed E-state index contributed by atoms with van der Waals surface area (Å²) < 4.78 is 18.8. The van der Waals surface area contributed by atoms with Crippen molar-refractivity contribution in [3.05, 3.63) is 42.0 Å². The minimum Gasteiger partial charge on any atom is -0.436 e. The molecule has 1 aromatic carbocycles. The van der Waals surface area contributed by atoms with E-state index in [-0.39, 0.29) is 17.5 Å². The summed E-state index contributed by atoms with van der Waals surface area (Å²) in [6.07, 6.45) is 0. The standard InChI is InChI=1S/C13H14FN3O/c1-8(2)13-16-11(15)7-12(17-13)18-10-6-4-3-5-9(10)14/h3-8H,1-2H3,(H2,15,16,17). The van der Waals surface area contributed by atoms with E-state index in [1.165, 1.54) is 18.2 Å². The van der Waals surface area contributed by atoms with Crippen molar-refractivity contribution in [2.24, 2.45) is 0 Å². The van der Waals surface area contributed by atoms with Gasteiger partial charge >= 0.3 is 0 Å². The van der Waals surface area contributed by atoms with Crippen molar-refractivity contribution in [2.45, 2.75) is 19.8 Å². The number of rotatable bonds is 3. The first kappa shape index (κ1) is 12.3. The third-order valence-electron chi connectivity index (χ3n) is 2.31. The van der Waals surface area contributed by atoms with E-state index >= 15 is 0 Å². The normalized spacial score (nSPS) is 10.7. The lowest BCUT2D eigenvalue weighted by Gasteiger charge is -2.09. The minimum absolute atomic E-state index is 0.116. The first-order valence-electron chi connectivity index (χ1n) is 5.63. The van der Waals surface area contributed by atoms with Gasteiger partial charge in [0.2, 0.25) is 5.88 Å². The van der Waals surface area contributed by atoms with Gasteiger partial charge in [0.25, 0.3) is 0 Å². The Morgan fingerprint density at radius 3 is 2.61 bits per heavy atom. The van der Waals surface area contributed by atoms with Crippen LogP contribution in [0.25, 0.3) is 0 Å². The number of hydrogen-bond acceptors (Lipinski definition) is 4. The summed E-state index contributed by atoms with van der Waals surface area (Å²) in [5.41, 5.74) is 5.66. The third kappa shape index (κ3) is 2.74. The van der Waals surface area contributed by atoms with Gasteiger partial charge < -0.3 is 10.5 Å². The van der Waals surface area contributed by atoms with Crippen LogP contribution in [0.2, 0.25) is 0 Å². The van der Waals surface area contributed by atoms with Gasteiger partial charge in [-0.05, 0) is 12.1 Å². The van der Waals surface area contributed by atoms with Crippen LogP contribution in [-0.2, 0) is 0 Å². The van der Waals surface area contributed by atoms with Crippen LogP contribution in [0.4, 0.5) is 10.2 Å². The number of halogens is 1. The summed E-state index contributed by atoms with van der Waals surface area (Å²) in [7, 11) is 0. The second-order valence-corrected chi connectivity index (χ2v) is 4.18. The largest absolute Gasteiger partial charge is 0.436 e. The van der Waals surface area contributed by atoms with Gasteiger partial charge in [0, 0.05) is 12.0 Å². The van der Waals surface area contributed by atoms with Crippen molar-refractivity contribution in [3.63, 3.8) is 0 Å². The molecule has 0 bridgehead atoms. The van der Waals surface area contributed by atoms with Gasteiger partial charge in [-0.3, -0.25) is 0 Å². The summed E-state index contributed by atoms with van der Waals surface area (Å²) in [6, 6.07) is 7.60. The molecule has 1 heterocycles. The Kier molecular flexibility index (Phi) is 3.41. The molecule has 0 aliphatic carbocycles. The Bertz CT molecular complexity index is 558. The van der Waals surface area contributed by atoms with Crippen molar-refractivity contribution in [1.29, 1.82) is 0 Å². The van der Waals surface area contributed by atoms with Gasteiger partial charge in [-0.1, -0.05) is 26.0 Å². The van der Waals surface area contributed by atoms with Crippen molar-refractivity contribution >= 4 is 5.82 Å². The maximum absolute atomic E-state index is 13.4. The van der Waals surface area contributed by atoms with E-state index < -0.39 is 5.82 Å². The quantitative estimate of drug-likeness (QED) is 0.905. The molecular formula is C13H14FN3O. The molecular weight excluding hydrogens is 233 g/mol. The molecule has 0 unspecified atom stereocenters. The molecule has 0 atom stereocenters. The first-order valence-corrected chi connectivity index (χ1v) is 5.63. The van der Waals surface area contributed by atoms with Crippen LogP contribution in [0.5, 0.6) is 11.6 Å². The van der Waals surface area contributed by atoms with Crippen LogP contribution < -0.4 is 10.5 Å². The van der Waals surface area contributed by atoms with E-state index in [0.29, 0.717) is 11.6 Å². The molecule has 0 saturated heterocycles. The second-order valence-electron chi connectivity index (χ2n) is 4.18. The second kappa shape index (κ2) is 5.00. The van der Waals surface area contributed by atoms with Crippen LogP contribution in [0.3, 0.4) is 0 Å². The zero-order chi connectivity index (χ0) is 13.1. The lowest BCUT2D eigenvalue weighted by atomic mass is 10.2. The molecule has 0 saturated carbocycles. The number of nitrogen functional groups attached to an aromatic ring is 1. The number of hydrogen-bond donors (Lipinski definition) is 1. The van der Waals surface area contributed by atoms with E-state index in [4.69, 9.17) is 10.5 Å². The zero-order valence-corrected chi connectivity index (χ0v) is 10.2. The zero-order valence-electron chi connectivity index (χ0n) is 10.2.